The number of benzene rings is 2. The number of nitrogens with zero attached hydrogens (tertiary/aromatic N) is 1. The van der Waals surface area contributed by atoms with E-state index in [9.17, 15) is 0 Å². The normalized spacial score (nSPS) is 10.9. The van der Waals surface area contributed by atoms with Gasteiger partial charge in [0, 0.05) is 11.6 Å². The maximum atomic E-state index is 5.88. The van der Waals surface area contributed by atoms with Crippen LogP contribution in [0.25, 0.3) is 10.2 Å². The van der Waals surface area contributed by atoms with Gasteiger partial charge in [-0.05, 0) is 42.7 Å². The van der Waals surface area contributed by atoms with Gasteiger partial charge in [0.25, 0.3) is 0 Å². The Balaban J connectivity index is 1.65. The van der Waals surface area contributed by atoms with Crippen LogP contribution in [-0.4, -0.2) is 11.5 Å². The highest BCUT2D eigenvalue weighted by atomic mass is 35.5. The third-order valence-corrected chi connectivity index (χ3v) is 4.45. The molecule has 2 nitrogen and oxygen atoms in total. The Morgan fingerprint density at radius 3 is 2.70 bits per heavy atom. The van der Waals surface area contributed by atoms with Crippen molar-refractivity contribution >= 4 is 38.3 Å². The van der Waals surface area contributed by atoms with Crippen LogP contribution in [-0.2, 0) is 6.42 Å². The van der Waals surface area contributed by atoms with Gasteiger partial charge in [0.15, 0.2) is 5.13 Å². The molecule has 3 aromatic rings. The van der Waals surface area contributed by atoms with Gasteiger partial charge < -0.3 is 5.32 Å². The first-order valence-electron chi connectivity index (χ1n) is 6.57. The second kappa shape index (κ2) is 5.81. The number of halogens is 1. The minimum Gasteiger partial charge on any atom is -0.361 e. The van der Waals surface area contributed by atoms with E-state index in [4.69, 9.17) is 11.6 Å². The molecular weight excluding hydrogens is 288 g/mol. The number of fused-ring (bicyclic) bond motifs is 1. The highest BCUT2D eigenvalue weighted by Gasteiger charge is 2.04. The second-order valence-electron chi connectivity index (χ2n) is 4.74. The van der Waals surface area contributed by atoms with Crippen LogP contribution < -0.4 is 5.32 Å². The smallest absolute Gasteiger partial charge is 0.183 e. The Kier molecular flexibility index (Phi) is 3.90. The van der Waals surface area contributed by atoms with Crippen LogP contribution >= 0.6 is 22.9 Å². The molecule has 2 aromatic carbocycles. The van der Waals surface area contributed by atoms with Crippen molar-refractivity contribution in [2.24, 2.45) is 0 Å². The van der Waals surface area contributed by atoms with E-state index in [0.29, 0.717) is 0 Å². The molecule has 0 bridgehead atoms. The standard InChI is InChI=1S/C16H15ClN2S/c1-11-3-2-4-14-15(11)19-16(20-14)18-10-9-12-5-7-13(17)8-6-12/h2-8H,9-10H2,1H3,(H,18,19). The lowest BCUT2D eigenvalue weighted by molar-refractivity contribution is 1.02. The summed E-state index contributed by atoms with van der Waals surface area (Å²) in [6.07, 6.45) is 0.964. The van der Waals surface area contributed by atoms with Crippen LogP contribution in [0.15, 0.2) is 42.5 Å². The van der Waals surface area contributed by atoms with Crippen molar-refractivity contribution in [3.63, 3.8) is 0 Å². The lowest BCUT2D eigenvalue weighted by atomic mass is 10.1. The molecule has 1 aromatic heterocycles. The summed E-state index contributed by atoms with van der Waals surface area (Å²) in [5.41, 5.74) is 3.61. The minimum atomic E-state index is 0.781. The number of rotatable bonds is 4. The Morgan fingerprint density at radius 2 is 1.95 bits per heavy atom. The monoisotopic (exact) mass is 302 g/mol. The highest BCUT2D eigenvalue weighted by molar-refractivity contribution is 7.22. The summed E-state index contributed by atoms with van der Waals surface area (Å²) in [5.74, 6) is 0. The van der Waals surface area contributed by atoms with E-state index in [1.54, 1.807) is 11.3 Å². The quantitative estimate of drug-likeness (QED) is 0.740. The average molecular weight is 303 g/mol. The molecular formula is C16H15ClN2S. The zero-order valence-corrected chi connectivity index (χ0v) is 12.8. The van der Waals surface area contributed by atoms with Crippen molar-refractivity contribution in [2.75, 3.05) is 11.9 Å². The van der Waals surface area contributed by atoms with Gasteiger partial charge in [-0.1, -0.05) is 47.2 Å². The molecule has 0 aliphatic carbocycles. The Hall–Kier alpha value is -1.58. The number of aromatic nitrogens is 1. The molecule has 0 aliphatic heterocycles. The molecule has 0 saturated carbocycles. The molecule has 0 atom stereocenters. The molecule has 3 rings (SSSR count). The summed E-state index contributed by atoms with van der Waals surface area (Å²) in [7, 11) is 0. The summed E-state index contributed by atoms with van der Waals surface area (Å²) in [6, 6.07) is 14.3. The fourth-order valence-electron chi connectivity index (χ4n) is 2.13. The van der Waals surface area contributed by atoms with Gasteiger partial charge in [-0.3, -0.25) is 0 Å². The van der Waals surface area contributed by atoms with E-state index in [0.717, 1.165) is 28.6 Å². The fraction of sp³-hybridized carbons (Fsp3) is 0.188. The molecule has 0 unspecified atom stereocenters. The van der Waals surface area contributed by atoms with Crippen LogP contribution in [0.3, 0.4) is 0 Å². The lowest BCUT2D eigenvalue weighted by Gasteiger charge is -2.02. The molecule has 1 N–H and O–H groups in total. The van der Waals surface area contributed by atoms with Crippen LogP contribution in [0.1, 0.15) is 11.1 Å². The summed E-state index contributed by atoms with van der Waals surface area (Å²) in [5, 5.41) is 5.17. The summed E-state index contributed by atoms with van der Waals surface area (Å²) < 4.78 is 1.24. The molecule has 20 heavy (non-hydrogen) atoms. The number of aryl methyl sites for hydroxylation is 1. The minimum absolute atomic E-state index is 0.781. The van der Waals surface area contributed by atoms with E-state index >= 15 is 0 Å². The number of hydrogen-bond acceptors (Lipinski definition) is 3. The third-order valence-electron chi connectivity index (χ3n) is 3.22. The van der Waals surface area contributed by atoms with Crippen molar-refractivity contribution < 1.29 is 0 Å². The molecule has 4 heteroatoms. The zero-order valence-electron chi connectivity index (χ0n) is 11.2. The van der Waals surface area contributed by atoms with Crippen molar-refractivity contribution in [3.8, 4) is 0 Å². The molecule has 0 radical (unpaired) electrons. The Labute approximate surface area is 127 Å². The van der Waals surface area contributed by atoms with Crippen molar-refractivity contribution in [2.45, 2.75) is 13.3 Å². The van der Waals surface area contributed by atoms with Crippen molar-refractivity contribution in [1.29, 1.82) is 0 Å². The van der Waals surface area contributed by atoms with Gasteiger partial charge in [0.1, 0.15) is 0 Å². The summed E-state index contributed by atoms with van der Waals surface area (Å²) in [4.78, 5) is 4.64. The van der Waals surface area contributed by atoms with Gasteiger partial charge in [0.05, 0.1) is 10.2 Å². The van der Waals surface area contributed by atoms with Gasteiger partial charge in [-0.15, -0.1) is 0 Å². The topological polar surface area (TPSA) is 24.9 Å². The number of anilines is 1. The predicted octanol–water partition coefficient (Wildman–Crippen LogP) is 4.91. The van der Waals surface area contributed by atoms with Crippen LogP contribution in [0.2, 0.25) is 5.02 Å². The zero-order chi connectivity index (χ0) is 13.9. The third kappa shape index (κ3) is 2.94. The van der Waals surface area contributed by atoms with Crippen LogP contribution in [0, 0.1) is 6.92 Å². The second-order valence-corrected chi connectivity index (χ2v) is 6.21. The van der Waals surface area contributed by atoms with Crippen LogP contribution in [0.5, 0.6) is 0 Å². The van der Waals surface area contributed by atoms with Gasteiger partial charge in [-0.2, -0.15) is 0 Å². The molecule has 102 valence electrons. The first-order valence-corrected chi connectivity index (χ1v) is 7.76. The molecule has 0 amide bonds. The van der Waals surface area contributed by atoms with E-state index in [2.05, 4.69) is 47.6 Å². The number of hydrogen-bond donors (Lipinski definition) is 1. The summed E-state index contributed by atoms with van der Waals surface area (Å²) in [6.45, 7) is 2.97. The Morgan fingerprint density at radius 1 is 1.15 bits per heavy atom. The number of thiazole rings is 1. The van der Waals surface area contributed by atoms with Crippen molar-refractivity contribution in [1.82, 2.24) is 4.98 Å². The van der Waals surface area contributed by atoms with E-state index in [1.807, 2.05) is 12.1 Å². The van der Waals surface area contributed by atoms with Crippen LogP contribution in [0.4, 0.5) is 5.13 Å². The Bertz CT molecular complexity index is 719. The fourth-order valence-corrected chi connectivity index (χ4v) is 3.22. The SMILES string of the molecule is Cc1cccc2sc(NCCc3ccc(Cl)cc3)nc12. The number of nitrogens with one attached hydrogen (secondary N) is 1. The molecule has 0 spiro atoms. The number of para-hydroxylation sites is 1. The lowest BCUT2D eigenvalue weighted by Crippen LogP contribution is -2.04. The average Bonchev–Trinajstić information content (AvgIpc) is 2.85. The van der Waals surface area contributed by atoms with E-state index in [1.165, 1.54) is 15.8 Å². The molecule has 0 saturated heterocycles. The van der Waals surface area contributed by atoms with Gasteiger partial charge in [-0.25, -0.2) is 4.98 Å². The largest absolute Gasteiger partial charge is 0.361 e. The first-order chi connectivity index (χ1) is 9.72. The van der Waals surface area contributed by atoms with Gasteiger partial charge in [0.2, 0.25) is 0 Å². The highest BCUT2D eigenvalue weighted by Crippen LogP contribution is 2.27. The van der Waals surface area contributed by atoms with Gasteiger partial charge >= 0.3 is 0 Å². The molecule has 0 aliphatic rings. The van der Waals surface area contributed by atoms with Crippen molar-refractivity contribution in [3.05, 3.63) is 58.6 Å². The maximum absolute atomic E-state index is 5.88. The first kappa shape index (κ1) is 13.4. The molecule has 0 fully saturated rings. The predicted molar refractivity (Wildman–Crippen MR) is 88.0 cm³/mol. The maximum Gasteiger partial charge on any atom is 0.183 e. The summed E-state index contributed by atoms with van der Waals surface area (Å²) >= 11 is 7.58. The molecule has 1 heterocycles. The van der Waals surface area contributed by atoms with E-state index < -0.39 is 0 Å². The van der Waals surface area contributed by atoms with E-state index in [-0.39, 0.29) is 0 Å².